The zero-order valence-electron chi connectivity index (χ0n) is 20.4. The summed E-state index contributed by atoms with van der Waals surface area (Å²) in [6.07, 6.45) is -2.29. The molecule has 15 heteroatoms. The first-order chi connectivity index (χ1) is 18.5. The van der Waals surface area contributed by atoms with Gasteiger partial charge in [-0.05, 0) is 42.7 Å². The SMILES string of the molecule is O=C(O)CC(NC(=O)C1N(C(=O)C2CCCO2)CCN1S(=O)(=O)c1ccc(F)cc1)c1cccc([N+](=O)[O-])c1. The van der Waals surface area contributed by atoms with E-state index in [4.69, 9.17) is 4.74 Å². The first-order valence-corrected chi connectivity index (χ1v) is 13.4. The van der Waals surface area contributed by atoms with Gasteiger partial charge in [-0.3, -0.25) is 24.5 Å². The summed E-state index contributed by atoms with van der Waals surface area (Å²) in [4.78, 5) is 49.8. The number of aliphatic carboxylic acids is 1. The van der Waals surface area contributed by atoms with Gasteiger partial charge in [-0.15, -0.1) is 0 Å². The fraction of sp³-hybridized carbons (Fsp3) is 0.375. The van der Waals surface area contributed by atoms with Crippen molar-refractivity contribution in [1.29, 1.82) is 0 Å². The van der Waals surface area contributed by atoms with Gasteiger partial charge >= 0.3 is 5.97 Å². The third kappa shape index (κ3) is 6.05. The molecule has 3 unspecified atom stereocenters. The Labute approximate surface area is 222 Å². The second-order valence-electron chi connectivity index (χ2n) is 8.99. The Bertz CT molecular complexity index is 1380. The van der Waals surface area contributed by atoms with Crippen molar-refractivity contribution in [3.8, 4) is 0 Å². The number of carboxylic acids is 1. The topological polar surface area (TPSA) is 176 Å². The molecule has 39 heavy (non-hydrogen) atoms. The molecule has 2 aromatic carbocycles. The number of carbonyl (C=O) groups excluding carboxylic acids is 2. The quantitative estimate of drug-likeness (QED) is 0.337. The van der Waals surface area contributed by atoms with Crippen molar-refractivity contribution in [3.63, 3.8) is 0 Å². The maximum absolute atomic E-state index is 13.7. The van der Waals surface area contributed by atoms with E-state index >= 15 is 0 Å². The number of amides is 2. The molecule has 0 spiro atoms. The van der Waals surface area contributed by atoms with Crippen LogP contribution in [0.4, 0.5) is 10.1 Å². The number of carboxylic acid groups (broad SMARTS) is 1. The normalized spacial score (nSPS) is 20.5. The summed E-state index contributed by atoms with van der Waals surface area (Å²) in [7, 11) is -4.42. The first-order valence-electron chi connectivity index (χ1n) is 11.9. The van der Waals surface area contributed by atoms with Gasteiger partial charge in [-0.25, -0.2) is 12.8 Å². The third-order valence-electron chi connectivity index (χ3n) is 6.45. The lowest BCUT2D eigenvalue weighted by molar-refractivity contribution is -0.384. The molecule has 2 amide bonds. The van der Waals surface area contributed by atoms with E-state index in [0.29, 0.717) is 19.4 Å². The van der Waals surface area contributed by atoms with Crippen LogP contribution in [0.25, 0.3) is 0 Å². The fourth-order valence-corrected chi connectivity index (χ4v) is 6.13. The molecular weight excluding hydrogens is 539 g/mol. The summed E-state index contributed by atoms with van der Waals surface area (Å²) in [5, 5.41) is 23.1. The molecule has 0 saturated carbocycles. The van der Waals surface area contributed by atoms with Crippen LogP contribution in [0.15, 0.2) is 53.4 Å². The molecule has 0 bridgehead atoms. The number of hydrogen-bond donors (Lipinski definition) is 2. The third-order valence-corrected chi connectivity index (χ3v) is 8.32. The van der Waals surface area contributed by atoms with E-state index < -0.39 is 63.3 Å². The van der Waals surface area contributed by atoms with Crippen LogP contribution < -0.4 is 5.32 Å². The number of sulfonamides is 1. The molecule has 2 saturated heterocycles. The molecule has 0 radical (unpaired) electrons. The van der Waals surface area contributed by atoms with E-state index in [0.717, 1.165) is 39.5 Å². The lowest BCUT2D eigenvalue weighted by atomic mass is 10.0. The summed E-state index contributed by atoms with van der Waals surface area (Å²) < 4.78 is 46.7. The first kappa shape index (κ1) is 28.1. The largest absolute Gasteiger partial charge is 0.481 e. The monoisotopic (exact) mass is 564 g/mol. The standard InChI is InChI=1S/C24H25FN4O9S/c25-16-6-8-18(9-7-16)39(36,37)28-11-10-27(24(33)20-5-2-12-38-20)23(28)22(32)26-19(14-21(30)31)15-3-1-4-17(13-15)29(34)35/h1,3-4,6-9,13,19-20,23H,2,5,10-12,14H2,(H,26,32)(H,30,31). The Kier molecular flexibility index (Phi) is 8.22. The number of non-ortho nitro benzene ring substituents is 1. The summed E-state index contributed by atoms with van der Waals surface area (Å²) in [5.74, 6) is -3.62. The second-order valence-corrected chi connectivity index (χ2v) is 10.9. The number of nitro groups is 1. The van der Waals surface area contributed by atoms with Crippen LogP contribution in [0.5, 0.6) is 0 Å². The van der Waals surface area contributed by atoms with Gasteiger partial charge in [0, 0.05) is 31.8 Å². The van der Waals surface area contributed by atoms with E-state index in [2.05, 4.69) is 5.32 Å². The highest BCUT2D eigenvalue weighted by Gasteiger charge is 2.48. The number of rotatable bonds is 9. The van der Waals surface area contributed by atoms with Crippen molar-refractivity contribution >= 4 is 33.5 Å². The van der Waals surface area contributed by atoms with Gasteiger partial charge < -0.3 is 20.1 Å². The average Bonchev–Trinajstić information content (AvgIpc) is 3.59. The van der Waals surface area contributed by atoms with Gasteiger partial charge in [0.1, 0.15) is 11.9 Å². The summed E-state index contributed by atoms with van der Waals surface area (Å²) in [6, 6.07) is 7.66. The minimum absolute atomic E-state index is 0.0999. The predicted octanol–water partition coefficient (Wildman–Crippen LogP) is 1.40. The van der Waals surface area contributed by atoms with Crippen molar-refractivity contribution in [2.45, 2.75) is 42.5 Å². The highest BCUT2D eigenvalue weighted by molar-refractivity contribution is 7.89. The van der Waals surface area contributed by atoms with Crippen LogP contribution >= 0.6 is 0 Å². The number of halogens is 1. The predicted molar refractivity (Wildman–Crippen MR) is 131 cm³/mol. The van der Waals surface area contributed by atoms with Crippen LogP contribution in [0.2, 0.25) is 0 Å². The zero-order valence-corrected chi connectivity index (χ0v) is 21.3. The number of nitro benzene ring substituents is 1. The van der Waals surface area contributed by atoms with Crippen LogP contribution in [0.3, 0.4) is 0 Å². The molecule has 2 aliphatic rings. The Hall–Kier alpha value is -3.95. The molecule has 0 aromatic heterocycles. The van der Waals surface area contributed by atoms with Crippen molar-refractivity contribution in [2.75, 3.05) is 19.7 Å². The Morgan fingerprint density at radius 2 is 1.90 bits per heavy atom. The Morgan fingerprint density at radius 1 is 1.18 bits per heavy atom. The fourth-order valence-electron chi connectivity index (χ4n) is 4.59. The van der Waals surface area contributed by atoms with Gasteiger partial charge in [0.25, 0.3) is 17.5 Å². The molecule has 2 N–H and O–H groups in total. The molecule has 3 atom stereocenters. The second kappa shape index (κ2) is 11.4. The molecule has 13 nitrogen and oxygen atoms in total. The zero-order chi connectivity index (χ0) is 28.3. The van der Waals surface area contributed by atoms with Crippen molar-refractivity contribution in [3.05, 3.63) is 70.0 Å². The Balaban J connectivity index is 1.70. The van der Waals surface area contributed by atoms with Gasteiger partial charge in [0.15, 0.2) is 6.17 Å². The lowest BCUT2D eigenvalue weighted by Gasteiger charge is -2.31. The van der Waals surface area contributed by atoms with Crippen molar-refractivity contribution in [1.82, 2.24) is 14.5 Å². The van der Waals surface area contributed by atoms with Crippen molar-refractivity contribution in [2.24, 2.45) is 0 Å². The van der Waals surface area contributed by atoms with Crippen molar-refractivity contribution < 1.29 is 42.0 Å². The average molecular weight is 565 g/mol. The number of carbonyl (C=O) groups is 3. The molecule has 4 rings (SSSR count). The maximum atomic E-state index is 13.7. The number of ether oxygens (including phenoxy) is 1. The van der Waals surface area contributed by atoms with Crippen LogP contribution in [-0.4, -0.2) is 77.4 Å². The van der Waals surface area contributed by atoms with Crippen LogP contribution in [0.1, 0.15) is 30.9 Å². The summed E-state index contributed by atoms with van der Waals surface area (Å²) >= 11 is 0. The highest BCUT2D eigenvalue weighted by atomic mass is 32.2. The van der Waals surface area contributed by atoms with Gasteiger partial charge in [-0.1, -0.05) is 12.1 Å². The van der Waals surface area contributed by atoms with Gasteiger partial charge in [0.05, 0.1) is 22.3 Å². The molecule has 208 valence electrons. The molecule has 2 aromatic rings. The van der Waals surface area contributed by atoms with Crippen LogP contribution in [0, 0.1) is 15.9 Å². The molecule has 2 heterocycles. The smallest absolute Gasteiger partial charge is 0.305 e. The Morgan fingerprint density at radius 3 is 2.51 bits per heavy atom. The number of hydrogen-bond acceptors (Lipinski definition) is 8. The van der Waals surface area contributed by atoms with E-state index in [-0.39, 0.29) is 29.2 Å². The van der Waals surface area contributed by atoms with Crippen LogP contribution in [-0.2, 0) is 29.1 Å². The van der Waals surface area contributed by atoms with E-state index in [9.17, 15) is 42.4 Å². The number of nitrogens with zero attached hydrogens (tertiary/aromatic N) is 3. The number of nitrogens with one attached hydrogen (secondary N) is 1. The summed E-state index contributed by atoms with van der Waals surface area (Å²) in [5.41, 5.74) is -0.239. The van der Waals surface area contributed by atoms with E-state index in [1.165, 1.54) is 18.2 Å². The van der Waals surface area contributed by atoms with E-state index in [1.54, 1.807) is 0 Å². The molecular formula is C24H25FN4O9S. The lowest BCUT2D eigenvalue weighted by Crippen LogP contribution is -2.55. The molecule has 2 fully saturated rings. The molecule has 0 aliphatic carbocycles. The minimum atomic E-state index is -4.42. The number of benzene rings is 2. The van der Waals surface area contributed by atoms with Gasteiger partial charge in [0.2, 0.25) is 10.0 Å². The molecule has 2 aliphatic heterocycles. The van der Waals surface area contributed by atoms with E-state index in [1.807, 2.05) is 0 Å². The summed E-state index contributed by atoms with van der Waals surface area (Å²) in [6.45, 7) is -0.0968. The minimum Gasteiger partial charge on any atom is -0.481 e. The maximum Gasteiger partial charge on any atom is 0.305 e. The van der Waals surface area contributed by atoms with Gasteiger partial charge in [-0.2, -0.15) is 4.31 Å². The highest BCUT2D eigenvalue weighted by Crippen LogP contribution is 2.29.